The molecule has 0 spiro atoms. The van der Waals surface area contributed by atoms with E-state index < -0.39 is 0 Å². The molecule has 1 fully saturated rings. The summed E-state index contributed by atoms with van der Waals surface area (Å²) in [7, 11) is 1.79. The van der Waals surface area contributed by atoms with Crippen molar-refractivity contribution >= 4 is 16.5 Å². The van der Waals surface area contributed by atoms with E-state index in [0.717, 1.165) is 55.3 Å². The number of methoxy groups -OCH3 is 1. The van der Waals surface area contributed by atoms with E-state index >= 15 is 0 Å². The van der Waals surface area contributed by atoms with Crippen LogP contribution in [0.3, 0.4) is 0 Å². The number of anilines is 1. The van der Waals surface area contributed by atoms with Gasteiger partial charge in [-0.1, -0.05) is 39.0 Å². The summed E-state index contributed by atoms with van der Waals surface area (Å²) >= 11 is 0. The number of pyridine rings is 1. The average Bonchev–Trinajstić information content (AvgIpc) is 3.67. The molecule has 2 aromatic carbocycles. The van der Waals surface area contributed by atoms with Gasteiger partial charge in [-0.2, -0.15) is 4.57 Å². The number of unbranched alkanes of at least 4 members (excludes halogenated alkanes) is 5. The molecule has 1 N–H and O–H groups in total. The second-order valence-corrected chi connectivity index (χ2v) is 11.7. The van der Waals surface area contributed by atoms with Gasteiger partial charge in [-0.25, -0.2) is 0 Å². The van der Waals surface area contributed by atoms with Crippen LogP contribution in [0.15, 0.2) is 30.5 Å². The lowest BCUT2D eigenvalue weighted by molar-refractivity contribution is -0.686. The summed E-state index contributed by atoms with van der Waals surface area (Å²) in [4.78, 5) is 2.59. The van der Waals surface area contributed by atoms with Gasteiger partial charge in [0.2, 0.25) is 12.5 Å². The van der Waals surface area contributed by atoms with Crippen molar-refractivity contribution in [2.45, 2.75) is 84.1 Å². The van der Waals surface area contributed by atoms with Crippen molar-refractivity contribution in [1.82, 2.24) is 4.90 Å². The Morgan fingerprint density at radius 2 is 1.75 bits per heavy atom. The molecule has 6 heteroatoms. The second-order valence-electron chi connectivity index (χ2n) is 11.7. The monoisotopic (exact) mass is 544 g/mol. The summed E-state index contributed by atoms with van der Waals surface area (Å²) < 4.78 is 19.9. The highest BCUT2D eigenvalue weighted by Gasteiger charge is 2.32. The van der Waals surface area contributed by atoms with Gasteiger partial charge in [0, 0.05) is 18.5 Å². The molecule has 0 unspecified atom stereocenters. The van der Waals surface area contributed by atoms with Crippen LogP contribution in [0.1, 0.15) is 75.8 Å². The molecule has 0 saturated carbocycles. The summed E-state index contributed by atoms with van der Waals surface area (Å²) in [5.41, 5.74) is 6.61. The summed E-state index contributed by atoms with van der Waals surface area (Å²) in [6.45, 7) is 8.19. The first-order valence-corrected chi connectivity index (χ1v) is 15.7. The molecule has 3 aliphatic heterocycles. The summed E-state index contributed by atoms with van der Waals surface area (Å²) in [6, 6.07) is 8.88. The molecule has 214 valence electrons. The number of likely N-dealkylation sites (tertiary alicyclic amines) is 1. The van der Waals surface area contributed by atoms with Crippen LogP contribution < -0.4 is 24.1 Å². The van der Waals surface area contributed by atoms with Crippen molar-refractivity contribution in [3.8, 4) is 28.5 Å². The Labute approximate surface area is 239 Å². The first-order chi connectivity index (χ1) is 19.8. The van der Waals surface area contributed by atoms with Crippen LogP contribution in [0.5, 0.6) is 17.2 Å². The third-order valence-electron chi connectivity index (χ3n) is 9.02. The van der Waals surface area contributed by atoms with Gasteiger partial charge >= 0.3 is 0 Å². The van der Waals surface area contributed by atoms with Gasteiger partial charge in [0.1, 0.15) is 5.75 Å². The zero-order valence-electron chi connectivity index (χ0n) is 24.5. The molecular weight excluding hydrogens is 498 g/mol. The van der Waals surface area contributed by atoms with Crippen LogP contribution in [0.2, 0.25) is 0 Å². The summed E-state index contributed by atoms with van der Waals surface area (Å²) in [5, 5.41) is 6.42. The molecule has 1 saturated heterocycles. The van der Waals surface area contributed by atoms with E-state index in [2.05, 4.69) is 52.2 Å². The average molecular weight is 545 g/mol. The van der Waals surface area contributed by atoms with Crippen molar-refractivity contribution in [1.29, 1.82) is 0 Å². The fraction of sp³-hybridized carbons (Fsp3) is 0.559. The van der Waals surface area contributed by atoms with E-state index in [4.69, 9.17) is 14.2 Å². The molecule has 0 bridgehead atoms. The molecule has 0 radical (unpaired) electrons. The van der Waals surface area contributed by atoms with Crippen LogP contribution in [0, 0.1) is 0 Å². The van der Waals surface area contributed by atoms with Crippen molar-refractivity contribution < 1.29 is 18.8 Å². The Balaban J connectivity index is 1.36. The zero-order chi connectivity index (χ0) is 27.3. The number of ether oxygens (including phenoxy) is 3. The van der Waals surface area contributed by atoms with Gasteiger partial charge in [-0.15, -0.1) is 0 Å². The number of rotatable bonds is 13. The van der Waals surface area contributed by atoms with Crippen LogP contribution in [0.4, 0.5) is 5.69 Å². The molecule has 40 heavy (non-hydrogen) atoms. The third-order valence-corrected chi connectivity index (χ3v) is 9.02. The number of nitrogens with one attached hydrogen (secondary N) is 1. The molecule has 3 aromatic rings. The van der Waals surface area contributed by atoms with Crippen molar-refractivity contribution in [2.24, 2.45) is 0 Å². The highest BCUT2D eigenvalue weighted by Crippen LogP contribution is 2.43. The minimum Gasteiger partial charge on any atom is -0.495 e. The fourth-order valence-corrected chi connectivity index (χ4v) is 6.87. The second kappa shape index (κ2) is 12.7. The van der Waals surface area contributed by atoms with E-state index in [0.29, 0.717) is 6.79 Å². The maximum absolute atomic E-state index is 5.90. The molecule has 3 aliphatic rings. The number of hydrogen-bond donors (Lipinski definition) is 1. The van der Waals surface area contributed by atoms with Gasteiger partial charge in [0.25, 0.3) is 0 Å². The zero-order valence-corrected chi connectivity index (χ0v) is 24.5. The van der Waals surface area contributed by atoms with E-state index in [1.165, 1.54) is 104 Å². The van der Waals surface area contributed by atoms with E-state index in [9.17, 15) is 0 Å². The Morgan fingerprint density at radius 1 is 0.950 bits per heavy atom. The minimum atomic E-state index is 0.313. The maximum Gasteiger partial charge on any atom is 0.231 e. The lowest BCUT2D eigenvalue weighted by Gasteiger charge is -2.22. The number of hydrogen-bond acceptors (Lipinski definition) is 5. The van der Waals surface area contributed by atoms with Crippen molar-refractivity contribution in [3.05, 3.63) is 41.6 Å². The van der Waals surface area contributed by atoms with Crippen LogP contribution in [-0.2, 0) is 19.4 Å². The Kier molecular flexibility index (Phi) is 8.62. The molecular formula is C34H46N3O3+. The largest absolute Gasteiger partial charge is 0.495 e. The smallest absolute Gasteiger partial charge is 0.231 e. The lowest BCUT2D eigenvalue weighted by Crippen LogP contribution is -2.41. The van der Waals surface area contributed by atoms with E-state index in [1.807, 2.05) is 0 Å². The first-order valence-electron chi connectivity index (χ1n) is 15.7. The Morgan fingerprint density at radius 3 is 2.58 bits per heavy atom. The third kappa shape index (κ3) is 5.60. The number of aromatic nitrogens is 1. The number of aryl methyl sites for hydroxylation is 3. The quantitative estimate of drug-likeness (QED) is 0.188. The topological polar surface area (TPSA) is 46.8 Å². The SMILES string of the molecule is CCCCCCCCc1c2[n+](cc3c(NCCCN4CCCC4)c(OC)ccc13)CCc1cc3c(cc1-2)OCO3. The van der Waals surface area contributed by atoms with Gasteiger partial charge in [-0.3, -0.25) is 0 Å². The highest BCUT2D eigenvalue weighted by molar-refractivity contribution is 6.00. The molecule has 0 amide bonds. The molecule has 1 aromatic heterocycles. The van der Waals surface area contributed by atoms with Crippen molar-refractivity contribution in [3.63, 3.8) is 0 Å². The predicted molar refractivity (Wildman–Crippen MR) is 162 cm³/mol. The highest BCUT2D eigenvalue weighted by atomic mass is 16.7. The van der Waals surface area contributed by atoms with Crippen LogP contribution in [-0.4, -0.2) is 45.0 Å². The summed E-state index contributed by atoms with van der Waals surface area (Å²) in [5.74, 6) is 2.68. The number of benzene rings is 2. The molecule has 6 rings (SSSR count). The van der Waals surface area contributed by atoms with Crippen molar-refractivity contribution in [2.75, 3.05) is 45.4 Å². The molecule has 4 heterocycles. The standard InChI is InChI=1S/C34H45N3O3/c1-3-4-5-6-7-8-12-27-26-13-14-30(38-2)33(35-16-11-19-36-17-9-10-18-36)29(26)23-37-20-15-25-21-31-32(40-24-39-31)22-28(25)34(27)37/h13-14,21-23H,3-12,15-20,24H2,1-2H3/p+1. The van der Waals surface area contributed by atoms with E-state index in [1.54, 1.807) is 7.11 Å². The van der Waals surface area contributed by atoms with Gasteiger partial charge < -0.3 is 24.4 Å². The maximum atomic E-state index is 5.90. The van der Waals surface area contributed by atoms with Crippen LogP contribution in [0.25, 0.3) is 22.0 Å². The molecule has 6 nitrogen and oxygen atoms in total. The normalized spacial score (nSPS) is 15.8. The predicted octanol–water partition coefficient (Wildman–Crippen LogP) is 6.89. The number of nitrogens with zero attached hydrogens (tertiary/aromatic N) is 2. The Bertz CT molecular complexity index is 1330. The molecule has 0 atom stereocenters. The number of fused-ring (bicyclic) bond motifs is 5. The van der Waals surface area contributed by atoms with Crippen LogP contribution >= 0.6 is 0 Å². The van der Waals surface area contributed by atoms with E-state index in [-0.39, 0.29) is 0 Å². The fourth-order valence-electron chi connectivity index (χ4n) is 6.87. The van der Waals surface area contributed by atoms with Gasteiger partial charge in [0.05, 0.1) is 23.7 Å². The summed E-state index contributed by atoms with van der Waals surface area (Å²) in [6.07, 6.45) is 16.1. The van der Waals surface area contributed by atoms with Gasteiger partial charge in [-0.05, 0) is 87.0 Å². The Hall–Kier alpha value is -2.99. The molecule has 0 aliphatic carbocycles. The minimum absolute atomic E-state index is 0.313. The first kappa shape index (κ1) is 27.2. The lowest BCUT2D eigenvalue weighted by atomic mass is 9.89. The van der Waals surface area contributed by atoms with Gasteiger partial charge in [0.15, 0.2) is 24.2 Å².